The molecule has 1 heterocycles. The fourth-order valence-electron chi connectivity index (χ4n) is 2.23. The van der Waals surface area contributed by atoms with E-state index in [1.54, 1.807) is 25.1 Å². The van der Waals surface area contributed by atoms with Crippen LogP contribution in [0.25, 0.3) is 5.69 Å². The van der Waals surface area contributed by atoms with E-state index in [0.29, 0.717) is 11.3 Å². The van der Waals surface area contributed by atoms with E-state index in [-0.39, 0.29) is 6.61 Å². The molecule has 0 unspecified atom stereocenters. The number of ether oxygens (including phenoxy) is 1. The molecule has 1 aromatic carbocycles. The van der Waals surface area contributed by atoms with Crippen molar-refractivity contribution in [3.63, 3.8) is 0 Å². The lowest BCUT2D eigenvalue weighted by Crippen LogP contribution is -2.18. The first kappa shape index (κ1) is 16.1. The molecule has 0 saturated carbocycles. The molecule has 0 spiro atoms. The van der Waals surface area contributed by atoms with Crippen LogP contribution in [-0.2, 0) is 10.9 Å². The Bertz CT molecular complexity index is 705. The average Bonchev–Trinajstić information content (AvgIpc) is 2.83. The van der Waals surface area contributed by atoms with Crippen LogP contribution >= 0.6 is 0 Å². The topological polar surface area (TPSA) is 44.1 Å². The Morgan fingerprint density at radius 3 is 2.55 bits per heavy atom. The standard InChI is InChI=1S/C15H15F3N2O2/c1-4-22-14(21)12-13(15(16,17)18)20(8-19-12)11-6-5-9(2)7-10(11)3/h5-8H,4H2,1-3H3. The van der Waals surface area contributed by atoms with Gasteiger partial charge in [-0.25, -0.2) is 9.78 Å². The molecule has 2 rings (SSSR count). The van der Waals surface area contributed by atoms with Gasteiger partial charge in [-0.2, -0.15) is 13.2 Å². The molecule has 0 aliphatic heterocycles. The van der Waals surface area contributed by atoms with Gasteiger partial charge in [0.05, 0.1) is 12.3 Å². The molecule has 2 aromatic rings. The Balaban J connectivity index is 2.64. The molecular weight excluding hydrogens is 297 g/mol. The summed E-state index contributed by atoms with van der Waals surface area (Å²) >= 11 is 0. The Kier molecular flexibility index (Phi) is 4.25. The lowest BCUT2D eigenvalue weighted by molar-refractivity contribution is -0.142. The van der Waals surface area contributed by atoms with Crippen molar-refractivity contribution in [2.45, 2.75) is 26.9 Å². The molecule has 118 valence electrons. The second-order valence-electron chi connectivity index (χ2n) is 4.82. The second kappa shape index (κ2) is 5.82. The molecular formula is C15H15F3N2O2. The van der Waals surface area contributed by atoms with Gasteiger partial charge >= 0.3 is 12.1 Å². The average molecular weight is 312 g/mol. The van der Waals surface area contributed by atoms with Gasteiger partial charge in [0.25, 0.3) is 0 Å². The third kappa shape index (κ3) is 2.98. The van der Waals surface area contributed by atoms with Gasteiger partial charge in [-0.15, -0.1) is 0 Å². The summed E-state index contributed by atoms with van der Waals surface area (Å²) in [6, 6.07) is 5.03. The zero-order chi connectivity index (χ0) is 16.5. The highest BCUT2D eigenvalue weighted by molar-refractivity contribution is 5.89. The molecule has 0 radical (unpaired) electrons. The highest BCUT2D eigenvalue weighted by Gasteiger charge is 2.41. The van der Waals surface area contributed by atoms with E-state index >= 15 is 0 Å². The maximum Gasteiger partial charge on any atom is 0.434 e. The number of rotatable bonds is 3. The number of hydrogen-bond donors (Lipinski definition) is 0. The van der Waals surface area contributed by atoms with E-state index in [4.69, 9.17) is 0 Å². The first-order valence-electron chi connectivity index (χ1n) is 6.65. The second-order valence-corrected chi connectivity index (χ2v) is 4.82. The van der Waals surface area contributed by atoms with Crippen molar-refractivity contribution in [2.24, 2.45) is 0 Å². The molecule has 0 N–H and O–H groups in total. The zero-order valence-electron chi connectivity index (χ0n) is 12.4. The monoisotopic (exact) mass is 312 g/mol. The number of esters is 1. The molecule has 4 nitrogen and oxygen atoms in total. The van der Waals surface area contributed by atoms with Gasteiger partial charge < -0.3 is 4.74 Å². The van der Waals surface area contributed by atoms with Crippen LogP contribution < -0.4 is 0 Å². The summed E-state index contributed by atoms with van der Waals surface area (Å²) in [5.41, 5.74) is 0.0482. The Morgan fingerprint density at radius 2 is 2.00 bits per heavy atom. The maximum atomic E-state index is 13.4. The zero-order valence-corrected chi connectivity index (χ0v) is 12.4. The number of alkyl halides is 3. The van der Waals surface area contributed by atoms with E-state index in [0.717, 1.165) is 16.5 Å². The summed E-state index contributed by atoms with van der Waals surface area (Å²) in [6.07, 6.45) is -3.73. The van der Waals surface area contributed by atoms with Crippen molar-refractivity contribution in [1.82, 2.24) is 9.55 Å². The van der Waals surface area contributed by atoms with Gasteiger partial charge in [-0.1, -0.05) is 17.7 Å². The minimum atomic E-state index is -4.73. The van der Waals surface area contributed by atoms with Crippen LogP contribution in [0.1, 0.15) is 34.2 Å². The highest BCUT2D eigenvalue weighted by atomic mass is 19.4. The Labute approximate surface area is 125 Å². The molecule has 0 amide bonds. The van der Waals surface area contributed by atoms with Gasteiger partial charge in [-0.3, -0.25) is 4.57 Å². The molecule has 0 bridgehead atoms. The number of aryl methyl sites for hydroxylation is 2. The van der Waals surface area contributed by atoms with Crippen molar-refractivity contribution in [2.75, 3.05) is 6.61 Å². The van der Waals surface area contributed by atoms with E-state index in [1.807, 2.05) is 6.92 Å². The largest absolute Gasteiger partial charge is 0.461 e. The first-order valence-corrected chi connectivity index (χ1v) is 6.65. The van der Waals surface area contributed by atoms with Crippen molar-refractivity contribution in [3.8, 4) is 5.69 Å². The molecule has 0 aliphatic carbocycles. The van der Waals surface area contributed by atoms with E-state index in [1.165, 1.54) is 6.92 Å². The van der Waals surface area contributed by atoms with Crippen molar-refractivity contribution in [1.29, 1.82) is 0 Å². The lowest BCUT2D eigenvalue weighted by Gasteiger charge is -2.14. The minimum Gasteiger partial charge on any atom is -0.461 e. The quantitative estimate of drug-likeness (QED) is 0.812. The summed E-state index contributed by atoms with van der Waals surface area (Å²) in [5, 5.41) is 0. The third-order valence-corrected chi connectivity index (χ3v) is 3.12. The summed E-state index contributed by atoms with van der Waals surface area (Å²) in [5.74, 6) is -1.08. The van der Waals surface area contributed by atoms with Crippen LogP contribution in [-0.4, -0.2) is 22.1 Å². The third-order valence-electron chi connectivity index (χ3n) is 3.12. The van der Waals surface area contributed by atoms with Crippen LogP contribution in [0.15, 0.2) is 24.5 Å². The van der Waals surface area contributed by atoms with Crippen LogP contribution in [0.2, 0.25) is 0 Å². The van der Waals surface area contributed by atoms with Gasteiger partial charge in [0, 0.05) is 0 Å². The predicted molar refractivity (Wildman–Crippen MR) is 74.0 cm³/mol. The maximum absolute atomic E-state index is 13.4. The number of carbonyl (C=O) groups is 1. The number of halogens is 3. The van der Waals surface area contributed by atoms with Gasteiger partial charge in [0.2, 0.25) is 0 Å². The smallest absolute Gasteiger partial charge is 0.434 e. The predicted octanol–water partition coefficient (Wildman–Crippen LogP) is 3.68. The van der Waals surface area contributed by atoms with Gasteiger partial charge in [0.1, 0.15) is 6.33 Å². The number of imidazole rings is 1. The van der Waals surface area contributed by atoms with Gasteiger partial charge in [0.15, 0.2) is 11.4 Å². The van der Waals surface area contributed by atoms with Crippen molar-refractivity contribution in [3.05, 3.63) is 47.0 Å². The van der Waals surface area contributed by atoms with E-state index in [2.05, 4.69) is 9.72 Å². The van der Waals surface area contributed by atoms with Crippen molar-refractivity contribution < 1.29 is 22.7 Å². The molecule has 0 aliphatic rings. The Hall–Kier alpha value is -2.31. The fraction of sp³-hybridized carbons (Fsp3) is 0.333. The van der Waals surface area contributed by atoms with Crippen molar-refractivity contribution >= 4 is 5.97 Å². The molecule has 0 fully saturated rings. The lowest BCUT2D eigenvalue weighted by atomic mass is 10.1. The fourth-order valence-corrected chi connectivity index (χ4v) is 2.23. The van der Waals surface area contributed by atoms with Crippen LogP contribution in [0.5, 0.6) is 0 Å². The number of aromatic nitrogens is 2. The van der Waals surface area contributed by atoms with Crippen LogP contribution in [0.3, 0.4) is 0 Å². The van der Waals surface area contributed by atoms with E-state index < -0.39 is 23.5 Å². The summed E-state index contributed by atoms with van der Waals surface area (Å²) in [6.45, 7) is 5.05. The molecule has 0 atom stereocenters. The molecule has 7 heteroatoms. The normalized spacial score (nSPS) is 11.5. The summed E-state index contributed by atoms with van der Waals surface area (Å²) in [7, 11) is 0. The number of nitrogens with zero attached hydrogens (tertiary/aromatic N) is 2. The molecule has 0 saturated heterocycles. The summed E-state index contributed by atoms with van der Waals surface area (Å²) in [4.78, 5) is 15.3. The molecule has 1 aromatic heterocycles. The van der Waals surface area contributed by atoms with Crippen LogP contribution in [0.4, 0.5) is 13.2 Å². The van der Waals surface area contributed by atoms with Crippen LogP contribution in [0, 0.1) is 13.8 Å². The van der Waals surface area contributed by atoms with E-state index in [9.17, 15) is 18.0 Å². The first-order chi connectivity index (χ1) is 10.3. The number of hydrogen-bond acceptors (Lipinski definition) is 3. The SMILES string of the molecule is CCOC(=O)c1ncn(-c2ccc(C)cc2C)c1C(F)(F)F. The highest BCUT2D eigenvalue weighted by Crippen LogP contribution is 2.34. The summed E-state index contributed by atoms with van der Waals surface area (Å²) < 4.78 is 45.6. The number of carbonyl (C=O) groups excluding carboxylic acids is 1. The molecule has 22 heavy (non-hydrogen) atoms. The van der Waals surface area contributed by atoms with Gasteiger partial charge in [-0.05, 0) is 32.4 Å². The Morgan fingerprint density at radius 1 is 1.32 bits per heavy atom. The number of benzene rings is 1. The minimum absolute atomic E-state index is 0.0213.